The van der Waals surface area contributed by atoms with E-state index in [-0.39, 0.29) is 9.90 Å². The van der Waals surface area contributed by atoms with Gasteiger partial charge in [-0.2, -0.15) is 0 Å². The summed E-state index contributed by atoms with van der Waals surface area (Å²) in [5.41, 5.74) is 6.55. The molecule has 0 aromatic carbocycles. The van der Waals surface area contributed by atoms with Crippen molar-refractivity contribution in [3.05, 3.63) is 28.6 Å². The molecule has 0 radical (unpaired) electrons. The molecule has 2 fully saturated rings. The van der Waals surface area contributed by atoms with E-state index in [4.69, 9.17) is 34.1 Å². The Morgan fingerprint density at radius 1 is 1.27 bits per heavy atom. The van der Waals surface area contributed by atoms with Crippen molar-refractivity contribution < 1.29 is 4.21 Å². The number of hydrogen-bond acceptors (Lipinski definition) is 7. The minimum atomic E-state index is -1.32. The van der Waals surface area contributed by atoms with E-state index in [1.54, 1.807) is 18.5 Å². The number of aromatic nitrogens is 3. The minimum absolute atomic E-state index is 0.248. The lowest BCUT2D eigenvalue weighted by molar-refractivity contribution is 0.134. The van der Waals surface area contributed by atoms with Crippen LogP contribution in [0.1, 0.15) is 52.4 Å². The van der Waals surface area contributed by atoms with Crippen molar-refractivity contribution in [2.24, 2.45) is 16.5 Å². The van der Waals surface area contributed by atoms with E-state index < -0.39 is 11.0 Å². The third-order valence-corrected chi connectivity index (χ3v) is 10.4. The van der Waals surface area contributed by atoms with Crippen LogP contribution in [-0.2, 0) is 11.0 Å². The van der Waals surface area contributed by atoms with E-state index in [1.807, 2.05) is 13.8 Å². The maximum absolute atomic E-state index is 12.0. The predicted octanol–water partition coefficient (Wildman–Crippen LogP) is 5.09. The monoisotopic (exact) mass is 528 g/mol. The van der Waals surface area contributed by atoms with Gasteiger partial charge >= 0.3 is 0 Å². The summed E-state index contributed by atoms with van der Waals surface area (Å²) in [6.07, 6.45) is 10.1. The zero-order chi connectivity index (χ0) is 23.8. The molecule has 11 heteroatoms. The highest BCUT2D eigenvalue weighted by atomic mass is 35.5. The highest BCUT2D eigenvalue weighted by Crippen LogP contribution is 2.53. The Bertz CT molecular complexity index is 1050. The van der Waals surface area contributed by atoms with Crippen molar-refractivity contribution in [1.29, 1.82) is 0 Å². The summed E-state index contributed by atoms with van der Waals surface area (Å²) in [5, 5.41) is 6.99. The summed E-state index contributed by atoms with van der Waals surface area (Å²) >= 11 is 13.6. The standard InChI is InChI=1S/C22H30Cl2N6OS2/c1-21(2,33(26)31)12-14-4-3-6-22(14)7-10-30(11-8-22)16-13-28-20(19(25)29-16)32-15-5-9-27-18(24)17(15)23/h5,9,13-14H,3-4,6-8,10-12,26H2,1-2H3,(H2,25,29)/t14-,33?/m1/s1. The number of piperidine rings is 1. The summed E-state index contributed by atoms with van der Waals surface area (Å²) in [7, 11) is -1.32. The molecule has 1 aliphatic carbocycles. The molecule has 2 aliphatic rings. The number of hydrogen-bond donors (Lipinski definition) is 2. The fourth-order valence-corrected chi connectivity index (χ4v) is 6.83. The second-order valence-electron chi connectivity index (χ2n) is 9.63. The van der Waals surface area contributed by atoms with Crippen molar-refractivity contribution >= 4 is 57.6 Å². The molecule has 1 unspecified atom stereocenters. The Hall–Kier alpha value is -1.13. The molecular formula is C22H30Cl2N6OS2. The Balaban J connectivity index is 1.43. The minimum Gasteiger partial charge on any atom is -0.381 e. The first kappa shape index (κ1) is 25.0. The molecule has 2 aromatic rings. The Labute approximate surface area is 212 Å². The largest absolute Gasteiger partial charge is 0.381 e. The van der Waals surface area contributed by atoms with Crippen LogP contribution >= 0.6 is 35.0 Å². The molecule has 1 spiro atoms. The molecule has 7 nitrogen and oxygen atoms in total. The summed E-state index contributed by atoms with van der Waals surface area (Å²) in [6.45, 7) is 5.87. The van der Waals surface area contributed by atoms with Gasteiger partial charge in [-0.1, -0.05) is 41.4 Å². The summed E-state index contributed by atoms with van der Waals surface area (Å²) in [6, 6.07) is 1.78. The topological polar surface area (TPSA) is 111 Å². The number of anilines is 2. The Morgan fingerprint density at radius 2 is 2.00 bits per heavy atom. The average Bonchev–Trinajstić information content (AvgIpc) is 3.14. The van der Waals surface area contributed by atoms with Gasteiger partial charge < -0.3 is 10.6 Å². The second kappa shape index (κ2) is 9.85. The van der Waals surface area contributed by atoms with Gasteiger partial charge in [-0.3, -0.25) is 5.14 Å². The average molecular weight is 530 g/mol. The molecule has 1 aliphatic heterocycles. The molecule has 2 aromatic heterocycles. The van der Waals surface area contributed by atoms with E-state index in [0.717, 1.165) is 43.1 Å². The number of halogens is 2. The van der Waals surface area contributed by atoms with E-state index in [2.05, 4.69) is 19.9 Å². The van der Waals surface area contributed by atoms with Crippen LogP contribution in [0.3, 0.4) is 0 Å². The molecule has 4 N–H and O–H groups in total. The zero-order valence-corrected chi connectivity index (χ0v) is 22.0. The van der Waals surface area contributed by atoms with Crippen molar-refractivity contribution in [3.8, 4) is 0 Å². The molecule has 0 amide bonds. The lowest BCUT2D eigenvalue weighted by atomic mass is 9.68. The van der Waals surface area contributed by atoms with Crippen molar-refractivity contribution in [2.45, 2.75) is 67.0 Å². The highest BCUT2D eigenvalue weighted by molar-refractivity contribution is 7.99. The van der Waals surface area contributed by atoms with E-state index in [1.165, 1.54) is 31.0 Å². The van der Waals surface area contributed by atoms with E-state index in [9.17, 15) is 4.21 Å². The van der Waals surface area contributed by atoms with Crippen molar-refractivity contribution in [3.63, 3.8) is 0 Å². The first-order valence-corrected chi connectivity index (χ1v) is 13.9. The first-order valence-electron chi connectivity index (χ1n) is 11.1. The molecule has 3 heterocycles. The van der Waals surface area contributed by atoms with Gasteiger partial charge in [0.2, 0.25) is 0 Å². The number of nitrogens with zero attached hydrogens (tertiary/aromatic N) is 4. The van der Waals surface area contributed by atoms with Crippen molar-refractivity contribution in [1.82, 2.24) is 15.0 Å². The van der Waals surface area contributed by atoms with E-state index in [0.29, 0.717) is 27.2 Å². The summed E-state index contributed by atoms with van der Waals surface area (Å²) in [4.78, 5) is 16.2. The maximum atomic E-state index is 12.0. The fourth-order valence-electron chi connectivity index (χ4n) is 5.24. The molecule has 180 valence electrons. The molecule has 33 heavy (non-hydrogen) atoms. The number of nitrogen functional groups attached to an aromatic ring is 1. The van der Waals surface area contributed by atoms with Crippen LogP contribution in [0, 0.1) is 11.3 Å². The van der Waals surface area contributed by atoms with Crippen molar-refractivity contribution in [2.75, 3.05) is 23.7 Å². The van der Waals surface area contributed by atoms with Crippen LogP contribution in [-0.4, -0.2) is 37.0 Å². The number of rotatable bonds is 6. The van der Waals surface area contributed by atoms with Crippen LogP contribution < -0.4 is 15.8 Å². The lowest BCUT2D eigenvalue weighted by Crippen LogP contribution is -2.45. The third-order valence-electron chi connectivity index (χ3n) is 7.23. The van der Waals surface area contributed by atoms with Crippen LogP contribution in [0.2, 0.25) is 10.2 Å². The van der Waals surface area contributed by atoms with Gasteiger partial charge in [0, 0.05) is 24.2 Å². The molecular weight excluding hydrogens is 499 g/mol. The van der Waals surface area contributed by atoms with Gasteiger partial charge in [0.15, 0.2) is 5.82 Å². The SMILES string of the molecule is CC(C)(C[C@H]1CCCC12CCN(c1cnc(Sc3ccnc(Cl)c3Cl)c(N)n1)CC2)S(N)=O. The molecule has 2 atom stereocenters. The van der Waals surface area contributed by atoms with Crippen LogP contribution in [0.25, 0.3) is 0 Å². The Kier molecular flexibility index (Phi) is 7.46. The quantitative estimate of drug-likeness (QED) is 0.502. The van der Waals surface area contributed by atoms with Gasteiger partial charge in [0.05, 0.1) is 27.0 Å². The molecule has 0 bridgehead atoms. The van der Waals surface area contributed by atoms with Gasteiger partial charge in [-0.25, -0.2) is 19.2 Å². The summed E-state index contributed by atoms with van der Waals surface area (Å²) in [5.74, 6) is 1.73. The first-order chi connectivity index (χ1) is 15.6. The molecule has 1 saturated heterocycles. The van der Waals surface area contributed by atoms with Gasteiger partial charge in [-0.05, 0) is 63.4 Å². The molecule has 1 saturated carbocycles. The van der Waals surface area contributed by atoms with E-state index >= 15 is 0 Å². The van der Waals surface area contributed by atoms with Gasteiger partial charge in [0.25, 0.3) is 0 Å². The number of nitrogens with two attached hydrogens (primary N) is 2. The van der Waals surface area contributed by atoms with Crippen LogP contribution in [0.5, 0.6) is 0 Å². The van der Waals surface area contributed by atoms with Crippen LogP contribution in [0.15, 0.2) is 28.4 Å². The number of pyridine rings is 1. The second-order valence-corrected chi connectivity index (χ2v) is 13.1. The predicted molar refractivity (Wildman–Crippen MR) is 137 cm³/mol. The maximum Gasteiger partial charge on any atom is 0.158 e. The van der Waals surface area contributed by atoms with Crippen LogP contribution in [0.4, 0.5) is 11.6 Å². The zero-order valence-electron chi connectivity index (χ0n) is 18.9. The fraction of sp³-hybridized carbons (Fsp3) is 0.591. The normalized spacial score (nSPS) is 21.5. The Morgan fingerprint density at radius 3 is 2.67 bits per heavy atom. The smallest absolute Gasteiger partial charge is 0.158 e. The molecule has 4 rings (SSSR count). The van der Waals surface area contributed by atoms with Gasteiger partial charge in [-0.15, -0.1) is 0 Å². The highest BCUT2D eigenvalue weighted by Gasteiger charge is 2.47. The third kappa shape index (κ3) is 5.27. The van der Waals surface area contributed by atoms with Gasteiger partial charge in [0.1, 0.15) is 16.0 Å². The lowest BCUT2D eigenvalue weighted by Gasteiger charge is -2.45. The summed E-state index contributed by atoms with van der Waals surface area (Å²) < 4.78 is 11.7.